The third-order valence-corrected chi connectivity index (χ3v) is 5.28. The van der Waals surface area contributed by atoms with Gasteiger partial charge in [-0.2, -0.15) is 0 Å². The van der Waals surface area contributed by atoms with Crippen molar-refractivity contribution in [3.05, 3.63) is 18.2 Å². The standard InChI is InChI=1S/C11H18N2O5S2/c1-8(7-12)13-20(16,17)11-6-9(19(3,14)15)4-5-10(11)18-2/h4-6,8,13H,7,12H2,1-3H3/t8-/m0/s1. The Balaban J connectivity index is 3.41. The van der Waals surface area contributed by atoms with Crippen LogP contribution >= 0.6 is 0 Å². The molecule has 0 bridgehead atoms. The topological polar surface area (TPSA) is 116 Å². The van der Waals surface area contributed by atoms with Gasteiger partial charge >= 0.3 is 0 Å². The zero-order chi connectivity index (χ0) is 15.6. The molecule has 0 amide bonds. The van der Waals surface area contributed by atoms with Crippen LogP contribution in [0.25, 0.3) is 0 Å². The Labute approximate surface area is 119 Å². The molecule has 0 spiro atoms. The molecule has 0 aromatic heterocycles. The highest BCUT2D eigenvalue weighted by Gasteiger charge is 2.23. The number of nitrogens with one attached hydrogen (secondary N) is 1. The van der Waals surface area contributed by atoms with Gasteiger partial charge in [-0.1, -0.05) is 0 Å². The molecule has 1 aromatic carbocycles. The maximum absolute atomic E-state index is 12.2. The Bertz CT molecular complexity index is 683. The van der Waals surface area contributed by atoms with Crippen LogP contribution in [0.1, 0.15) is 6.92 Å². The van der Waals surface area contributed by atoms with Gasteiger partial charge in [-0.25, -0.2) is 21.6 Å². The molecule has 9 heteroatoms. The minimum atomic E-state index is -3.92. The van der Waals surface area contributed by atoms with Crippen LogP contribution in [0, 0.1) is 0 Å². The summed E-state index contributed by atoms with van der Waals surface area (Å²) in [5.41, 5.74) is 5.37. The van der Waals surface area contributed by atoms with Gasteiger partial charge in [0.15, 0.2) is 9.84 Å². The van der Waals surface area contributed by atoms with E-state index >= 15 is 0 Å². The number of rotatable bonds is 6. The zero-order valence-electron chi connectivity index (χ0n) is 11.5. The van der Waals surface area contributed by atoms with Gasteiger partial charge in [-0.15, -0.1) is 0 Å². The van der Waals surface area contributed by atoms with Gasteiger partial charge in [0, 0.05) is 18.8 Å². The number of benzene rings is 1. The number of sulfone groups is 1. The highest BCUT2D eigenvalue weighted by molar-refractivity contribution is 7.91. The Morgan fingerprint density at radius 2 is 1.90 bits per heavy atom. The Morgan fingerprint density at radius 3 is 2.35 bits per heavy atom. The molecule has 0 fully saturated rings. The molecule has 0 saturated carbocycles. The molecular formula is C11H18N2O5S2. The minimum absolute atomic E-state index is 0.0640. The van der Waals surface area contributed by atoms with E-state index in [0.717, 1.165) is 12.3 Å². The lowest BCUT2D eigenvalue weighted by molar-refractivity contribution is 0.401. The van der Waals surface area contributed by atoms with E-state index in [2.05, 4.69) is 4.72 Å². The van der Waals surface area contributed by atoms with Gasteiger partial charge in [0.05, 0.1) is 12.0 Å². The number of ether oxygens (including phenoxy) is 1. The molecule has 1 aromatic rings. The first-order valence-electron chi connectivity index (χ1n) is 5.72. The first-order chi connectivity index (χ1) is 9.11. The normalized spacial score (nSPS) is 14.0. The van der Waals surface area contributed by atoms with Crippen LogP contribution < -0.4 is 15.2 Å². The van der Waals surface area contributed by atoms with Crippen LogP contribution in [-0.4, -0.2) is 42.8 Å². The summed E-state index contributed by atoms with van der Waals surface area (Å²) in [4.78, 5) is -0.331. The molecular weight excluding hydrogens is 304 g/mol. The molecule has 0 heterocycles. The highest BCUT2D eigenvalue weighted by Crippen LogP contribution is 2.26. The molecule has 7 nitrogen and oxygen atoms in total. The first-order valence-corrected chi connectivity index (χ1v) is 9.09. The summed E-state index contributed by atoms with van der Waals surface area (Å²) in [6.45, 7) is 1.72. The number of hydrogen-bond acceptors (Lipinski definition) is 6. The minimum Gasteiger partial charge on any atom is -0.495 e. The first kappa shape index (κ1) is 16.9. The van der Waals surface area contributed by atoms with Crippen molar-refractivity contribution in [1.29, 1.82) is 0 Å². The lowest BCUT2D eigenvalue weighted by atomic mass is 10.3. The number of nitrogens with two attached hydrogens (primary N) is 1. The predicted molar refractivity (Wildman–Crippen MR) is 74.9 cm³/mol. The van der Waals surface area contributed by atoms with Gasteiger partial charge in [0.1, 0.15) is 10.6 Å². The molecule has 114 valence electrons. The molecule has 0 aliphatic heterocycles. The average Bonchev–Trinajstić information content (AvgIpc) is 2.36. The second kappa shape index (κ2) is 6.08. The monoisotopic (exact) mass is 322 g/mol. The molecule has 1 rings (SSSR count). The van der Waals surface area contributed by atoms with Gasteiger partial charge in [0.2, 0.25) is 10.0 Å². The summed E-state index contributed by atoms with van der Waals surface area (Å²) < 4.78 is 54.8. The molecule has 0 aliphatic carbocycles. The Morgan fingerprint density at radius 1 is 1.30 bits per heavy atom. The Kier molecular flexibility index (Phi) is 5.14. The number of hydrogen-bond donors (Lipinski definition) is 2. The highest BCUT2D eigenvalue weighted by atomic mass is 32.2. The van der Waals surface area contributed by atoms with Crippen molar-refractivity contribution >= 4 is 19.9 Å². The summed E-state index contributed by atoms with van der Waals surface area (Å²) in [7, 11) is -6.13. The molecule has 20 heavy (non-hydrogen) atoms. The smallest absolute Gasteiger partial charge is 0.244 e. The molecule has 0 aliphatic rings. The summed E-state index contributed by atoms with van der Waals surface area (Å²) in [5, 5.41) is 0. The quantitative estimate of drug-likeness (QED) is 0.744. The molecule has 0 radical (unpaired) electrons. The zero-order valence-corrected chi connectivity index (χ0v) is 13.1. The van der Waals surface area contributed by atoms with Crippen molar-refractivity contribution < 1.29 is 21.6 Å². The molecule has 3 N–H and O–H groups in total. The maximum atomic E-state index is 12.2. The van der Waals surface area contributed by atoms with Crippen molar-refractivity contribution in [2.75, 3.05) is 19.9 Å². The average molecular weight is 322 g/mol. The van der Waals surface area contributed by atoms with Crippen LogP contribution in [0.3, 0.4) is 0 Å². The van der Waals surface area contributed by atoms with Gasteiger partial charge in [-0.3, -0.25) is 0 Å². The summed E-state index contributed by atoms with van der Waals surface area (Å²) in [6.07, 6.45) is 1.00. The van der Waals surface area contributed by atoms with E-state index in [9.17, 15) is 16.8 Å². The lowest BCUT2D eigenvalue weighted by Gasteiger charge is -2.15. The van der Waals surface area contributed by atoms with E-state index in [4.69, 9.17) is 10.5 Å². The fourth-order valence-electron chi connectivity index (χ4n) is 1.47. The van der Waals surface area contributed by atoms with E-state index in [1.54, 1.807) is 6.92 Å². The van der Waals surface area contributed by atoms with E-state index in [1.807, 2.05) is 0 Å². The molecule has 0 saturated heterocycles. The lowest BCUT2D eigenvalue weighted by Crippen LogP contribution is -2.37. The van der Waals surface area contributed by atoms with Crippen LogP contribution in [-0.2, 0) is 19.9 Å². The van der Waals surface area contributed by atoms with Crippen LogP contribution in [0.4, 0.5) is 0 Å². The predicted octanol–water partition coefficient (Wildman–Crippen LogP) is -0.276. The molecule has 1 atom stereocenters. The van der Waals surface area contributed by atoms with E-state index < -0.39 is 25.9 Å². The van der Waals surface area contributed by atoms with Crippen LogP contribution in [0.15, 0.2) is 28.0 Å². The SMILES string of the molecule is COc1ccc(S(C)(=O)=O)cc1S(=O)(=O)N[C@@H](C)CN. The number of methoxy groups -OCH3 is 1. The summed E-state index contributed by atoms with van der Waals surface area (Å²) in [6, 6.07) is 3.18. The third-order valence-electron chi connectivity index (χ3n) is 2.56. The van der Waals surface area contributed by atoms with Crippen molar-refractivity contribution in [1.82, 2.24) is 4.72 Å². The van der Waals surface area contributed by atoms with Crippen molar-refractivity contribution in [3.8, 4) is 5.75 Å². The third kappa shape index (κ3) is 3.92. The van der Waals surface area contributed by atoms with Crippen molar-refractivity contribution in [2.45, 2.75) is 22.8 Å². The summed E-state index contributed by atoms with van der Waals surface area (Å²) >= 11 is 0. The summed E-state index contributed by atoms with van der Waals surface area (Å²) in [5.74, 6) is 0.0640. The van der Waals surface area contributed by atoms with E-state index in [-0.39, 0.29) is 22.1 Å². The Hall–Kier alpha value is -1.16. The fourth-order valence-corrected chi connectivity index (χ4v) is 3.65. The second-order valence-corrected chi connectivity index (χ2v) is 8.04. The van der Waals surface area contributed by atoms with Gasteiger partial charge in [0.25, 0.3) is 0 Å². The fraction of sp³-hybridized carbons (Fsp3) is 0.455. The van der Waals surface area contributed by atoms with Gasteiger partial charge < -0.3 is 10.5 Å². The second-order valence-electron chi connectivity index (χ2n) is 4.34. The largest absolute Gasteiger partial charge is 0.495 e. The van der Waals surface area contributed by atoms with Crippen LogP contribution in [0.2, 0.25) is 0 Å². The maximum Gasteiger partial charge on any atom is 0.244 e. The van der Waals surface area contributed by atoms with Crippen molar-refractivity contribution in [3.63, 3.8) is 0 Å². The molecule has 0 unspecified atom stereocenters. The number of sulfonamides is 1. The van der Waals surface area contributed by atoms with Gasteiger partial charge in [-0.05, 0) is 25.1 Å². The van der Waals surface area contributed by atoms with E-state index in [0.29, 0.717) is 0 Å². The van der Waals surface area contributed by atoms with E-state index in [1.165, 1.54) is 19.2 Å². The van der Waals surface area contributed by atoms with Crippen molar-refractivity contribution in [2.24, 2.45) is 5.73 Å². The van der Waals surface area contributed by atoms with Crippen LogP contribution in [0.5, 0.6) is 5.75 Å².